The molecule has 2 rings (SSSR count). The maximum atomic E-state index is 12.1. The molecule has 1 amide bonds. The van der Waals surface area contributed by atoms with Crippen LogP contribution < -0.4 is 4.90 Å². The lowest BCUT2D eigenvalue weighted by Gasteiger charge is -2.40. The molecule has 1 aliphatic rings. The Morgan fingerprint density at radius 2 is 2.14 bits per heavy atom. The van der Waals surface area contributed by atoms with Crippen molar-refractivity contribution in [3.8, 4) is 0 Å². The Morgan fingerprint density at radius 3 is 2.71 bits per heavy atom. The number of aromatic nitrogens is 1. The first-order valence-electron chi connectivity index (χ1n) is 7.12. The molecule has 1 unspecified atom stereocenters. The lowest BCUT2D eigenvalue weighted by atomic mass is 10.2. The SMILES string of the molecule is CC1CN(C(=O)OC(C)(C)C)CCN1c1cc(Cl)ccn1. The first-order chi connectivity index (χ1) is 9.76. The average molecular weight is 312 g/mol. The third-order valence-corrected chi connectivity index (χ3v) is 3.52. The molecule has 1 saturated heterocycles. The van der Waals surface area contributed by atoms with Crippen molar-refractivity contribution in [1.82, 2.24) is 9.88 Å². The van der Waals surface area contributed by atoms with Gasteiger partial charge in [0.25, 0.3) is 0 Å². The van der Waals surface area contributed by atoms with Crippen LogP contribution in [-0.2, 0) is 4.74 Å². The van der Waals surface area contributed by atoms with Crippen LogP contribution in [0.4, 0.5) is 10.6 Å². The number of halogens is 1. The van der Waals surface area contributed by atoms with Crippen LogP contribution in [0.1, 0.15) is 27.7 Å². The molecule has 0 bridgehead atoms. The van der Waals surface area contributed by atoms with Crippen molar-refractivity contribution in [3.05, 3.63) is 23.4 Å². The van der Waals surface area contributed by atoms with Crippen LogP contribution in [0.5, 0.6) is 0 Å². The molecule has 1 atom stereocenters. The van der Waals surface area contributed by atoms with E-state index >= 15 is 0 Å². The van der Waals surface area contributed by atoms with Gasteiger partial charge in [0.15, 0.2) is 0 Å². The van der Waals surface area contributed by atoms with Gasteiger partial charge in [0, 0.05) is 36.9 Å². The normalized spacial score (nSPS) is 19.6. The number of carbonyl (C=O) groups is 1. The summed E-state index contributed by atoms with van der Waals surface area (Å²) in [6.45, 7) is 9.64. The lowest BCUT2D eigenvalue weighted by Crippen LogP contribution is -2.54. The molecule has 0 spiro atoms. The van der Waals surface area contributed by atoms with Crippen LogP contribution >= 0.6 is 11.6 Å². The Bertz CT molecular complexity index is 516. The summed E-state index contributed by atoms with van der Waals surface area (Å²) in [6.07, 6.45) is 1.44. The minimum Gasteiger partial charge on any atom is -0.444 e. The molecule has 1 aromatic rings. The molecule has 6 heteroatoms. The molecule has 1 fully saturated rings. The second-order valence-corrected chi connectivity index (χ2v) is 6.74. The molecule has 1 aliphatic heterocycles. The van der Waals surface area contributed by atoms with Gasteiger partial charge in [0.2, 0.25) is 0 Å². The van der Waals surface area contributed by atoms with Gasteiger partial charge in [-0.3, -0.25) is 0 Å². The highest BCUT2D eigenvalue weighted by Crippen LogP contribution is 2.22. The number of hydrogen-bond acceptors (Lipinski definition) is 4. The molecule has 0 aliphatic carbocycles. The standard InChI is InChI=1S/C15H22ClN3O2/c1-11-10-18(14(20)21-15(2,3)4)7-8-19(11)13-9-12(16)5-6-17-13/h5-6,9,11H,7-8,10H2,1-4H3. The van der Waals surface area contributed by atoms with E-state index in [1.54, 1.807) is 17.2 Å². The van der Waals surface area contributed by atoms with Crippen LogP contribution in [-0.4, -0.2) is 47.3 Å². The van der Waals surface area contributed by atoms with Crippen molar-refractivity contribution in [2.24, 2.45) is 0 Å². The van der Waals surface area contributed by atoms with Crippen molar-refractivity contribution < 1.29 is 9.53 Å². The molecule has 21 heavy (non-hydrogen) atoms. The highest BCUT2D eigenvalue weighted by Gasteiger charge is 2.30. The summed E-state index contributed by atoms with van der Waals surface area (Å²) < 4.78 is 5.42. The minimum absolute atomic E-state index is 0.164. The van der Waals surface area contributed by atoms with E-state index in [1.807, 2.05) is 26.8 Å². The first-order valence-corrected chi connectivity index (χ1v) is 7.50. The van der Waals surface area contributed by atoms with Crippen molar-refractivity contribution in [3.63, 3.8) is 0 Å². The Hall–Kier alpha value is -1.49. The van der Waals surface area contributed by atoms with E-state index < -0.39 is 5.60 Å². The predicted octanol–water partition coefficient (Wildman–Crippen LogP) is 3.18. The zero-order valence-electron chi connectivity index (χ0n) is 13.0. The summed E-state index contributed by atoms with van der Waals surface area (Å²) in [6, 6.07) is 3.77. The monoisotopic (exact) mass is 311 g/mol. The van der Waals surface area contributed by atoms with Crippen molar-refractivity contribution in [2.45, 2.75) is 39.3 Å². The molecule has 0 saturated carbocycles. The molecule has 116 valence electrons. The number of hydrogen-bond donors (Lipinski definition) is 0. The van der Waals surface area contributed by atoms with Crippen molar-refractivity contribution in [1.29, 1.82) is 0 Å². The summed E-state index contributed by atoms with van der Waals surface area (Å²) >= 11 is 6.01. The average Bonchev–Trinajstić information content (AvgIpc) is 2.36. The molecule has 2 heterocycles. The maximum Gasteiger partial charge on any atom is 0.410 e. The summed E-state index contributed by atoms with van der Waals surface area (Å²) in [5.74, 6) is 0.846. The Morgan fingerprint density at radius 1 is 1.43 bits per heavy atom. The molecule has 5 nitrogen and oxygen atoms in total. The predicted molar refractivity (Wildman–Crippen MR) is 83.9 cm³/mol. The largest absolute Gasteiger partial charge is 0.444 e. The molecule has 0 radical (unpaired) electrons. The van der Waals surface area contributed by atoms with Crippen molar-refractivity contribution >= 4 is 23.5 Å². The fourth-order valence-corrected chi connectivity index (χ4v) is 2.49. The molecular formula is C15H22ClN3O2. The molecule has 0 N–H and O–H groups in total. The number of rotatable bonds is 1. The van der Waals surface area contributed by atoms with Gasteiger partial charge in [-0.05, 0) is 39.8 Å². The third kappa shape index (κ3) is 4.24. The number of carbonyl (C=O) groups excluding carboxylic acids is 1. The van der Waals surface area contributed by atoms with Crippen molar-refractivity contribution in [2.75, 3.05) is 24.5 Å². The fraction of sp³-hybridized carbons (Fsp3) is 0.600. The van der Waals surface area contributed by atoms with Gasteiger partial charge < -0.3 is 14.5 Å². The van der Waals surface area contributed by atoms with Gasteiger partial charge in [0.05, 0.1) is 0 Å². The number of anilines is 1. The summed E-state index contributed by atoms with van der Waals surface area (Å²) in [7, 11) is 0. The molecule has 1 aromatic heterocycles. The second kappa shape index (κ2) is 6.10. The first kappa shape index (κ1) is 15.9. The third-order valence-electron chi connectivity index (χ3n) is 3.28. The van der Waals surface area contributed by atoms with E-state index in [1.165, 1.54) is 0 Å². The smallest absolute Gasteiger partial charge is 0.410 e. The van der Waals surface area contributed by atoms with Crippen LogP contribution in [0.25, 0.3) is 0 Å². The van der Waals surface area contributed by atoms with Crippen LogP contribution in [0.2, 0.25) is 5.02 Å². The van der Waals surface area contributed by atoms with Crippen LogP contribution in [0, 0.1) is 0 Å². The van der Waals surface area contributed by atoms with Gasteiger partial charge in [0.1, 0.15) is 11.4 Å². The summed E-state index contributed by atoms with van der Waals surface area (Å²) in [4.78, 5) is 20.4. The topological polar surface area (TPSA) is 45.7 Å². The minimum atomic E-state index is -0.466. The lowest BCUT2D eigenvalue weighted by molar-refractivity contribution is 0.0218. The highest BCUT2D eigenvalue weighted by molar-refractivity contribution is 6.30. The Kier molecular flexibility index (Phi) is 4.61. The van der Waals surface area contributed by atoms with E-state index in [-0.39, 0.29) is 12.1 Å². The maximum absolute atomic E-state index is 12.1. The Labute approximate surface area is 130 Å². The van der Waals surface area contributed by atoms with Gasteiger partial charge in [-0.25, -0.2) is 9.78 Å². The summed E-state index contributed by atoms with van der Waals surface area (Å²) in [5.41, 5.74) is -0.466. The fourth-order valence-electron chi connectivity index (χ4n) is 2.34. The summed E-state index contributed by atoms with van der Waals surface area (Å²) in [5, 5.41) is 0.668. The van der Waals surface area contributed by atoms with Gasteiger partial charge in [-0.15, -0.1) is 0 Å². The van der Waals surface area contributed by atoms with E-state index in [2.05, 4.69) is 16.8 Å². The zero-order chi connectivity index (χ0) is 15.6. The quantitative estimate of drug-likeness (QED) is 0.799. The highest BCUT2D eigenvalue weighted by atomic mass is 35.5. The zero-order valence-corrected chi connectivity index (χ0v) is 13.7. The number of ether oxygens (including phenoxy) is 1. The Balaban J connectivity index is 2.01. The number of nitrogens with zero attached hydrogens (tertiary/aromatic N) is 3. The number of amides is 1. The van der Waals surface area contributed by atoms with Gasteiger partial charge in [-0.1, -0.05) is 11.6 Å². The van der Waals surface area contributed by atoms with E-state index in [4.69, 9.17) is 16.3 Å². The van der Waals surface area contributed by atoms with Crippen LogP contribution in [0.15, 0.2) is 18.3 Å². The number of piperazine rings is 1. The van der Waals surface area contributed by atoms with Gasteiger partial charge in [-0.2, -0.15) is 0 Å². The second-order valence-electron chi connectivity index (χ2n) is 6.30. The number of pyridine rings is 1. The molecule has 0 aromatic carbocycles. The van der Waals surface area contributed by atoms with E-state index in [9.17, 15) is 4.79 Å². The molecular weight excluding hydrogens is 290 g/mol. The van der Waals surface area contributed by atoms with Crippen LogP contribution in [0.3, 0.4) is 0 Å². The van der Waals surface area contributed by atoms with E-state index in [0.717, 1.165) is 5.82 Å². The van der Waals surface area contributed by atoms with Gasteiger partial charge >= 0.3 is 6.09 Å². The van der Waals surface area contributed by atoms with E-state index in [0.29, 0.717) is 24.7 Å².